The first-order valence-electron chi connectivity index (χ1n) is 11.6. The Kier molecular flexibility index (Phi) is 7.28. The second kappa shape index (κ2) is 10.7. The fraction of sp³-hybridized carbons (Fsp3) is 0.286. The summed E-state index contributed by atoms with van der Waals surface area (Å²) in [5.74, 6) is 0.315. The lowest BCUT2D eigenvalue weighted by Gasteiger charge is -2.42. The molecule has 1 N–H and O–H groups in total. The van der Waals surface area contributed by atoms with Crippen LogP contribution in [0.2, 0.25) is 0 Å². The summed E-state index contributed by atoms with van der Waals surface area (Å²) >= 11 is 0. The van der Waals surface area contributed by atoms with E-state index in [2.05, 4.69) is 34.7 Å². The molecule has 0 radical (unpaired) electrons. The molecule has 0 bridgehead atoms. The molecule has 0 aliphatic heterocycles. The Hall–Kier alpha value is -4.36. The molecule has 0 atom stereocenters. The number of benzene rings is 2. The fourth-order valence-electron chi connectivity index (χ4n) is 4.41. The van der Waals surface area contributed by atoms with E-state index in [1.54, 1.807) is 24.1 Å². The molecule has 176 valence electrons. The number of ether oxygens (including phenoxy) is 1. The summed E-state index contributed by atoms with van der Waals surface area (Å²) in [5, 5.41) is 26.3. The summed E-state index contributed by atoms with van der Waals surface area (Å²) in [4.78, 5) is 13.0. The number of nitrogens with one attached hydrogen (secondary N) is 1. The van der Waals surface area contributed by atoms with Gasteiger partial charge in [-0.3, -0.25) is 9.48 Å². The molecule has 1 aliphatic rings. The zero-order valence-electron chi connectivity index (χ0n) is 19.7. The Balaban J connectivity index is 1.58. The number of nitriles is 2. The lowest BCUT2D eigenvalue weighted by Crippen LogP contribution is -2.45. The first kappa shape index (κ1) is 23.8. The molecule has 1 saturated carbocycles. The minimum Gasteiger partial charge on any atom is -0.497 e. The number of carbonyl (C=O) groups is 1. The van der Waals surface area contributed by atoms with Gasteiger partial charge in [-0.15, -0.1) is 0 Å². The van der Waals surface area contributed by atoms with Crippen LogP contribution in [-0.4, -0.2) is 29.3 Å². The minimum absolute atomic E-state index is 0.0159. The van der Waals surface area contributed by atoms with Crippen molar-refractivity contribution >= 4 is 12.0 Å². The first-order valence-corrected chi connectivity index (χ1v) is 11.6. The van der Waals surface area contributed by atoms with Crippen molar-refractivity contribution in [2.45, 2.75) is 37.6 Å². The average Bonchev–Trinajstić information content (AvgIpc) is 3.28. The largest absolute Gasteiger partial charge is 0.497 e. The molecule has 1 amide bonds. The summed E-state index contributed by atoms with van der Waals surface area (Å²) in [6, 6.07) is 21.8. The van der Waals surface area contributed by atoms with Crippen molar-refractivity contribution < 1.29 is 9.53 Å². The second-order valence-electron chi connectivity index (χ2n) is 8.69. The number of rotatable bonds is 9. The van der Waals surface area contributed by atoms with Gasteiger partial charge < -0.3 is 10.1 Å². The Morgan fingerprint density at radius 3 is 2.51 bits per heavy atom. The zero-order chi connectivity index (χ0) is 24.7. The van der Waals surface area contributed by atoms with Crippen molar-refractivity contribution in [1.29, 1.82) is 10.5 Å². The summed E-state index contributed by atoms with van der Waals surface area (Å²) < 4.78 is 6.90. The van der Waals surface area contributed by atoms with Crippen molar-refractivity contribution in [2.24, 2.45) is 0 Å². The van der Waals surface area contributed by atoms with Crippen molar-refractivity contribution in [3.05, 3.63) is 77.5 Å². The van der Waals surface area contributed by atoms with Crippen LogP contribution in [0.15, 0.2) is 66.4 Å². The number of aryl methyl sites for hydroxylation is 1. The van der Waals surface area contributed by atoms with Crippen molar-refractivity contribution in [2.75, 3.05) is 13.7 Å². The van der Waals surface area contributed by atoms with Gasteiger partial charge in [-0.25, -0.2) is 0 Å². The van der Waals surface area contributed by atoms with Gasteiger partial charge in [0.1, 0.15) is 17.4 Å². The molecule has 7 nitrogen and oxygen atoms in total. The Morgan fingerprint density at radius 2 is 1.91 bits per heavy atom. The minimum atomic E-state index is -0.403. The number of amides is 1. The van der Waals surface area contributed by atoms with Crippen molar-refractivity contribution in [1.82, 2.24) is 15.1 Å². The van der Waals surface area contributed by atoms with E-state index in [0.29, 0.717) is 30.8 Å². The van der Waals surface area contributed by atoms with E-state index in [1.807, 2.05) is 42.5 Å². The maximum absolute atomic E-state index is 13.0. The van der Waals surface area contributed by atoms with Gasteiger partial charge in [-0.05, 0) is 48.7 Å². The summed E-state index contributed by atoms with van der Waals surface area (Å²) in [5.41, 5.74) is 3.25. The van der Waals surface area contributed by atoms with Crippen LogP contribution in [0.3, 0.4) is 0 Å². The Bertz CT molecular complexity index is 1290. The molecule has 1 heterocycles. The van der Waals surface area contributed by atoms with Gasteiger partial charge in [0.2, 0.25) is 0 Å². The zero-order valence-corrected chi connectivity index (χ0v) is 19.7. The van der Waals surface area contributed by atoms with E-state index >= 15 is 0 Å². The number of carbonyl (C=O) groups excluding carboxylic acids is 1. The Morgan fingerprint density at radius 1 is 1.17 bits per heavy atom. The molecular weight excluding hydrogens is 438 g/mol. The van der Waals surface area contributed by atoms with Crippen LogP contribution < -0.4 is 10.1 Å². The van der Waals surface area contributed by atoms with E-state index in [1.165, 1.54) is 5.56 Å². The highest BCUT2D eigenvalue weighted by molar-refractivity contribution is 6.02. The SMILES string of the molecule is COc1ccc(-c2nn(CCC#N)cc2/C=C(\C#N)C(=O)NCC2(c3ccccc3)CCC2)cc1. The van der Waals surface area contributed by atoms with Crippen LogP contribution >= 0.6 is 0 Å². The van der Waals surface area contributed by atoms with E-state index < -0.39 is 5.91 Å². The van der Waals surface area contributed by atoms with E-state index in [-0.39, 0.29) is 11.0 Å². The molecule has 0 unspecified atom stereocenters. The number of hydrogen-bond acceptors (Lipinski definition) is 5. The average molecular weight is 466 g/mol. The molecule has 2 aromatic carbocycles. The standard InChI is InChI=1S/C28H27N5O2/c1-35-25-11-9-21(10-12-25)26-23(19-33(32-26)16-6-15-29)17-22(18-30)27(34)31-20-28(13-5-14-28)24-7-3-2-4-8-24/h2-4,7-12,17,19H,5-6,13-14,16,20H2,1H3,(H,31,34)/b22-17+. The van der Waals surface area contributed by atoms with Crippen LogP contribution in [0.1, 0.15) is 36.8 Å². The molecule has 1 aromatic heterocycles. The van der Waals surface area contributed by atoms with E-state index in [9.17, 15) is 10.1 Å². The third-order valence-corrected chi connectivity index (χ3v) is 6.56. The maximum atomic E-state index is 13.0. The van der Waals surface area contributed by atoms with Crippen LogP contribution in [0.25, 0.3) is 17.3 Å². The molecule has 3 aromatic rings. The van der Waals surface area contributed by atoms with Gasteiger partial charge >= 0.3 is 0 Å². The van der Waals surface area contributed by atoms with Gasteiger partial charge in [-0.2, -0.15) is 15.6 Å². The Labute approximate surface area is 205 Å². The third kappa shape index (κ3) is 5.26. The van der Waals surface area contributed by atoms with Crippen LogP contribution in [0.5, 0.6) is 5.75 Å². The fourth-order valence-corrected chi connectivity index (χ4v) is 4.41. The summed E-state index contributed by atoms with van der Waals surface area (Å²) in [7, 11) is 1.60. The number of nitrogens with zero attached hydrogens (tertiary/aromatic N) is 4. The predicted octanol–water partition coefficient (Wildman–Crippen LogP) is 4.62. The molecule has 4 rings (SSSR count). The predicted molar refractivity (Wildman–Crippen MR) is 133 cm³/mol. The summed E-state index contributed by atoms with van der Waals surface area (Å²) in [6.07, 6.45) is 6.78. The van der Waals surface area contributed by atoms with Crippen LogP contribution in [0.4, 0.5) is 0 Å². The van der Waals surface area contributed by atoms with Crippen LogP contribution in [0, 0.1) is 22.7 Å². The van der Waals surface area contributed by atoms with Gasteiger partial charge in [-0.1, -0.05) is 36.8 Å². The van der Waals surface area contributed by atoms with Crippen molar-refractivity contribution in [3.63, 3.8) is 0 Å². The highest BCUT2D eigenvalue weighted by Crippen LogP contribution is 2.43. The third-order valence-electron chi connectivity index (χ3n) is 6.56. The quantitative estimate of drug-likeness (QED) is 0.367. The van der Waals surface area contributed by atoms with Gasteiger partial charge in [0.15, 0.2) is 0 Å². The van der Waals surface area contributed by atoms with E-state index in [0.717, 1.165) is 30.6 Å². The highest BCUT2D eigenvalue weighted by Gasteiger charge is 2.38. The number of aromatic nitrogens is 2. The van der Waals surface area contributed by atoms with Gasteiger partial charge in [0, 0.05) is 29.3 Å². The summed E-state index contributed by atoms with van der Waals surface area (Å²) in [6.45, 7) is 0.906. The molecule has 0 spiro atoms. The normalized spacial score (nSPS) is 14.3. The molecule has 35 heavy (non-hydrogen) atoms. The molecule has 0 saturated heterocycles. The lowest BCUT2D eigenvalue weighted by molar-refractivity contribution is -0.117. The van der Waals surface area contributed by atoms with Crippen LogP contribution in [-0.2, 0) is 16.8 Å². The van der Waals surface area contributed by atoms with Gasteiger partial charge in [0.05, 0.1) is 31.8 Å². The van der Waals surface area contributed by atoms with Crippen molar-refractivity contribution in [3.8, 4) is 29.1 Å². The molecule has 1 aliphatic carbocycles. The van der Waals surface area contributed by atoms with E-state index in [4.69, 9.17) is 10.00 Å². The number of hydrogen-bond donors (Lipinski definition) is 1. The number of methoxy groups -OCH3 is 1. The topological polar surface area (TPSA) is 104 Å². The first-order chi connectivity index (χ1) is 17.1. The highest BCUT2D eigenvalue weighted by atomic mass is 16.5. The van der Waals surface area contributed by atoms with Gasteiger partial charge in [0.25, 0.3) is 5.91 Å². The smallest absolute Gasteiger partial charge is 0.261 e. The molecule has 1 fully saturated rings. The molecule has 7 heteroatoms. The monoisotopic (exact) mass is 465 g/mol. The second-order valence-corrected chi connectivity index (χ2v) is 8.69. The lowest BCUT2D eigenvalue weighted by atomic mass is 9.64. The maximum Gasteiger partial charge on any atom is 0.261 e. The molecular formula is C28H27N5O2.